The summed E-state index contributed by atoms with van der Waals surface area (Å²) in [6.45, 7) is 6.89. The Morgan fingerprint density at radius 2 is 1.79 bits per heavy atom. The lowest BCUT2D eigenvalue weighted by atomic mass is 10.1. The highest BCUT2D eigenvalue weighted by Crippen LogP contribution is 2.26. The van der Waals surface area contributed by atoms with E-state index in [0.717, 1.165) is 55.1 Å². The number of aryl methyl sites for hydroxylation is 1. The largest absolute Gasteiger partial charge is 0.471 e. The van der Waals surface area contributed by atoms with Crippen LogP contribution in [0.1, 0.15) is 21.5 Å². The predicted octanol–water partition coefficient (Wildman–Crippen LogP) is 4.59. The van der Waals surface area contributed by atoms with E-state index in [0.29, 0.717) is 22.0 Å². The Bertz CT molecular complexity index is 1430. The molecule has 5 rings (SSSR count). The van der Waals surface area contributed by atoms with Gasteiger partial charge in [-0.1, -0.05) is 18.2 Å². The maximum atomic E-state index is 13.0. The normalized spacial score (nSPS) is 14.3. The quantitative estimate of drug-likeness (QED) is 0.362. The second kappa shape index (κ2) is 11.4. The molecular formula is C29H30N7O2+. The van der Waals surface area contributed by atoms with E-state index in [9.17, 15) is 9.70 Å². The molecule has 9 nitrogen and oxygen atoms in total. The van der Waals surface area contributed by atoms with Gasteiger partial charge in [-0.2, -0.15) is 0 Å². The van der Waals surface area contributed by atoms with E-state index in [1.54, 1.807) is 55.0 Å². The van der Waals surface area contributed by atoms with Crippen LogP contribution in [0.25, 0.3) is 11.3 Å². The maximum Gasteiger partial charge on any atom is 0.471 e. The standard InChI is InChI=1S/C29H30N7O2/c1-21-5-10-25(18-27(21)33-29-31-13-11-26(32-29)24-4-3-12-30-19-24)36(38)28(37)23-8-6-22(7-9-23)20-35-16-14-34(2)15-17-35/h3-13,18-19H,14-17,20H2,1-2H3,(H,31,32,33)/q+1. The SMILES string of the molecule is Cc1ccc([N+](=O)C(=O)c2ccc(CN3CCN(C)CC3)cc2)cc1Nc1nccc(-c2cccnc2)n1. The summed E-state index contributed by atoms with van der Waals surface area (Å²) < 4.78 is 0.424. The van der Waals surface area contributed by atoms with Gasteiger partial charge < -0.3 is 10.2 Å². The number of benzene rings is 2. The van der Waals surface area contributed by atoms with E-state index >= 15 is 0 Å². The Morgan fingerprint density at radius 1 is 1.00 bits per heavy atom. The minimum atomic E-state index is -0.610. The highest BCUT2D eigenvalue weighted by Gasteiger charge is 2.28. The average Bonchev–Trinajstić information content (AvgIpc) is 2.96. The number of carbonyl (C=O) groups is 1. The number of amides is 1. The van der Waals surface area contributed by atoms with E-state index in [-0.39, 0.29) is 5.69 Å². The summed E-state index contributed by atoms with van der Waals surface area (Å²) in [7, 11) is 2.13. The molecule has 1 N–H and O–H groups in total. The van der Waals surface area contributed by atoms with Crippen LogP contribution in [0.5, 0.6) is 0 Å². The van der Waals surface area contributed by atoms with Crippen molar-refractivity contribution in [1.82, 2.24) is 24.8 Å². The lowest BCUT2D eigenvalue weighted by Gasteiger charge is -2.32. The number of hydrogen-bond acceptors (Lipinski definition) is 8. The second-order valence-electron chi connectivity index (χ2n) is 9.51. The van der Waals surface area contributed by atoms with E-state index < -0.39 is 5.91 Å². The third kappa shape index (κ3) is 5.96. The topological polar surface area (TPSA) is 94.3 Å². The first-order valence-corrected chi connectivity index (χ1v) is 12.6. The molecule has 0 bridgehead atoms. The summed E-state index contributed by atoms with van der Waals surface area (Å²) >= 11 is 0. The molecule has 2 aromatic heterocycles. The number of likely N-dealkylation sites (N-methyl/N-ethyl adjacent to an activating group) is 1. The van der Waals surface area contributed by atoms with Crippen molar-refractivity contribution >= 4 is 23.2 Å². The fraction of sp³-hybridized carbons (Fsp3) is 0.241. The molecule has 0 unspecified atom stereocenters. The van der Waals surface area contributed by atoms with Crippen molar-refractivity contribution in [2.45, 2.75) is 13.5 Å². The molecule has 1 amide bonds. The molecule has 0 radical (unpaired) electrons. The lowest BCUT2D eigenvalue weighted by molar-refractivity contribution is -0.357. The van der Waals surface area contributed by atoms with Crippen molar-refractivity contribution < 1.29 is 9.55 Å². The van der Waals surface area contributed by atoms with E-state index in [4.69, 9.17) is 0 Å². The molecule has 38 heavy (non-hydrogen) atoms. The number of nitrogens with zero attached hydrogens (tertiary/aromatic N) is 6. The summed E-state index contributed by atoms with van der Waals surface area (Å²) in [6.07, 6.45) is 5.10. The maximum absolute atomic E-state index is 13.0. The van der Waals surface area contributed by atoms with E-state index in [1.807, 2.05) is 31.2 Å². The molecular weight excluding hydrogens is 478 g/mol. The molecule has 1 aliphatic rings. The van der Waals surface area contributed by atoms with Crippen LogP contribution in [-0.2, 0) is 6.54 Å². The summed E-state index contributed by atoms with van der Waals surface area (Å²) in [6, 6.07) is 17.9. The number of aromatic nitrogens is 3. The van der Waals surface area contributed by atoms with Gasteiger partial charge in [-0.3, -0.25) is 9.88 Å². The highest BCUT2D eigenvalue weighted by molar-refractivity contribution is 5.89. The number of hydrogen-bond donors (Lipinski definition) is 1. The lowest BCUT2D eigenvalue weighted by Crippen LogP contribution is -2.43. The predicted molar refractivity (Wildman–Crippen MR) is 147 cm³/mol. The Hall–Kier alpha value is -4.34. The first kappa shape index (κ1) is 25.3. The van der Waals surface area contributed by atoms with Crippen molar-refractivity contribution in [2.75, 3.05) is 38.5 Å². The van der Waals surface area contributed by atoms with Gasteiger partial charge in [0.05, 0.1) is 16.9 Å². The molecule has 0 atom stereocenters. The van der Waals surface area contributed by atoms with Gasteiger partial charge in [-0.25, -0.2) is 14.8 Å². The monoisotopic (exact) mass is 508 g/mol. The highest BCUT2D eigenvalue weighted by atomic mass is 16.3. The van der Waals surface area contributed by atoms with Crippen molar-refractivity contribution in [3.8, 4) is 11.3 Å². The zero-order chi connectivity index (χ0) is 26.5. The van der Waals surface area contributed by atoms with Crippen LogP contribution in [0.15, 0.2) is 79.3 Å². The Labute approximate surface area is 221 Å². The third-order valence-electron chi connectivity index (χ3n) is 6.70. The Kier molecular flexibility index (Phi) is 7.57. The number of nitrogens with one attached hydrogen (secondary N) is 1. The Morgan fingerprint density at radius 3 is 2.53 bits per heavy atom. The first-order chi connectivity index (χ1) is 18.5. The first-order valence-electron chi connectivity index (χ1n) is 12.6. The van der Waals surface area contributed by atoms with Crippen LogP contribution in [0.4, 0.5) is 17.3 Å². The third-order valence-corrected chi connectivity index (χ3v) is 6.70. The van der Waals surface area contributed by atoms with Crippen molar-refractivity contribution in [3.63, 3.8) is 0 Å². The van der Waals surface area contributed by atoms with Gasteiger partial charge in [0.25, 0.3) is 5.69 Å². The van der Waals surface area contributed by atoms with Gasteiger partial charge >= 0.3 is 5.91 Å². The summed E-state index contributed by atoms with van der Waals surface area (Å²) in [4.78, 5) is 43.7. The number of nitroso groups, excluding NO2 is 1. The molecule has 0 aliphatic carbocycles. The molecule has 0 saturated carbocycles. The van der Waals surface area contributed by atoms with Crippen molar-refractivity contribution in [1.29, 1.82) is 0 Å². The van der Waals surface area contributed by atoms with E-state index in [1.165, 1.54) is 0 Å². The smallest absolute Gasteiger partial charge is 0.324 e. The van der Waals surface area contributed by atoms with Crippen LogP contribution in [-0.4, -0.2) is 68.6 Å². The van der Waals surface area contributed by atoms with Gasteiger partial charge in [0.15, 0.2) is 0 Å². The number of rotatable bonds is 7. The van der Waals surface area contributed by atoms with Crippen LogP contribution < -0.4 is 5.32 Å². The van der Waals surface area contributed by atoms with Gasteiger partial charge in [0.2, 0.25) is 5.95 Å². The second-order valence-corrected chi connectivity index (χ2v) is 9.51. The number of pyridine rings is 1. The zero-order valence-electron chi connectivity index (χ0n) is 21.5. The van der Waals surface area contributed by atoms with Crippen molar-refractivity contribution in [2.24, 2.45) is 0 Å². The average molecular weight is 509 g/mol. The minimum Gasteiger partial charge on any atom is -0.324 e. The van der Waals surface area contributed by atoms with Crippen LogP contribution >= 0.6 is 0 Å². The molecule has 3 heterocycles. The van der Waals surface area contributed by atoms with Gasteiger partial charge in [0.1, 0.15) is 4.76 Å². The summed E-state index contributed by atoms with van der Waals surface area (Å²) in [5.41, 5.74) is 4.83. The minimum absolute atomic E-state index is 0.230. The number of anilines is 2. The van der Waals surface area contributed by atoms with Gasteiger partial charge in [-0.05, 0) is 55.4 Å². The molecule has 1 fully saturated rings. The summed E-state index contributed by atoms with van der Waals surface area (Å²) in [5.74, 6) is -0.230. The van der Waals surface area contributed by atoms with Crippen molar-refractivity contribution in [3.05, 3.63) is 101 Å². The Balaban J connectivity index is 1.28. The fourth-order valence-corrected chi connectivity index (χ4v) is 4.34. The molecule has 1 aliphatic heterocycles. The number of carbonyl (C=O) groups excluding carboxylic acids is 1. The molecule has 0 spiro atoms. The summed E-state index contributed by atoms with van der Waals surface area (Å²) in [5, 5.41) is 3.18. The molecule has 192 valence electrons. The van der Waals surface area contributed by atoms with Gasteiger partial charge in [0, 0.05) is 73.9 Å². The molecule has 2 aromatic carbocycles. The molecule has 4 aromatic rings. The fourth-order valence-electron chi connectivity index (χ4n) is 4.34. The van der Waals surface area contributed by atoms with Crippen LogP contribution in [0, 0.1) is 11.8 Å². The molecule has 9 heteroatoms. The van der Waals surface area contributed by atoms with E-state index in [2.05, 4.69) is 37.1 Å². The van der Waals surface area contributed by atoms with Gasteiger partial charge in [-0.15, -0.1) is 0 Å². The molecule has 1 saturated heterocycles. The zero-order valence-corrected chi connectivity index (χ0v) is 21.5. The van der Waals surface area contributed by atoms with Crippen LogP contribution in [0.2, 0.25) is 0 Å². The van der Waals surface area contributed by atoms with Crippen LogP contribution in [0.3, 0.4) is 0 Å². The number of piperazine rings is 1.